The highest BCUT2D eigenvalue weighted by molar-refractivity contribution is 5.78. The first kappa shape index (κ1) is 9.52. The van der Waals surface area contributed by atoms with Crippen LogP contribution in [0.4, 0.5) is 11.4 Å². The molecule has 0 amide bonds. The van der Waals surface area contributed by atoms with E-state index >= 15 is 0 Å². The lowest BCUT2D eigenvalue weighted by Gasteiger charge is -1.96. The van der Waals surface area contributed by atoms with Gasteiger partial charge in [-0.15, -0.1) is 0 Å². The van der Waals surface area contributed by atoms with Crippen molar-refractivity contribution in [1.29, 1.82) is 0 Å². The number of nitrogen functional groups attached to an aromatic ring is 1. The third-order valence-corrected chi connectivity index (χ3v) is 1.56. The number of hydrogen-bond donors (Lipinski definition) is 1. The average Bonchev–Trinajstić information content (AvgIpc) is 2.08. The third kappa shape index (κ3) is 3.11. The van der Waals surface area contributed by atoms with Gasteiger partial charge in [0, 0.05) is 6.21 Å². The lowest BCUT2D eigenvalue weighted by atomic mass is 10.3. The van der Waals surface area contributed by atoms with Crippen LogP contribution in [0.15, 0.2) is 40.9 Å². The number of aliphatic imine (C=N–C) groups is 1. The van der Waals surface area contributed by atoms with Gasteiger partial charge in [-0.2, -0.15) is 0 Å². The maximum absolute atomic E-state index is 5.70. The van der Waals surface area contributed by atoms with E-state index in [4.69, 9.17) is 5.73 Å². The largest absolute Gasteiger partial charge is 0.397 e. The van der Waals surface area contributed by atoms with E-state index in [9.17, 15) is 0 Å². The Bertz CT molecular complexity index is 334. The van der Waals surface area contributed by atoms with Crippen LogP contribution in [0, 0.1) is 0 Å². The van der Waals surface area contributed by atoms with Gasteiger partial charge in [0.1, 0.15) is 0 Å². The van der Waals surface area contributed by atoms with Crippen molar-refractivity contribution in [3.05, 3.63) is 35.9 Å². The summed E-state index contributed by atoms with van der Waals surface area (Å²) in [5.74, 6) is 0. The summed E-state index contributed by atoms with van der Waals surface area (Å²) in [4.78, 5) is 4.22. The molecule has 0 fully saturated rings. The molecule has 2 heteroatoms. The summed E-state index contributed by atoms with van der Waals surface area (Å²) in [5, 5.41) is 0. The number of nitrogens with two attached hydrogens (primary N) is 1. The standard InChI is InChI=1S/C11H14N2/c1-9(2)7-8-13-11-6-4-3-5-10(11)12/h3-8H,12H2,1-2H3. The molecule has 68 valence electrons. The monoisotopic (exact) mass is 174 g/mol. The van der Waals surface area contributed by atoms with Crippen LogP contribution in [0.5, 0.6) is 0 Å². The number of rotatable bonds is 2. The minimum Gasteiger partial charge on any atom is -0.397 e. The fourth-order valence-corrected chi connectivity index (χ4v) is 0.872. The van der Waals surface area contributed by atoms with E-state index in [0.29, 0.717) is 5.69 Å². The molecule has 0 aliphatic heterocycles. The predicted molar refractivity (Wildman–Crippen MR) is 58.4 cm³/mol. The minimum atomic E-state index is 0.709. The lowest BCUT2D eigenvalue weighted by molar-refractivity contribution is 1.40. The van der Waals surface area contributed by atoms with Gasteiger partial charge in [0.25, 0.3) is 0 Å². The van der Waals surface area contributed by atoms with Crippen molar-refractivity contribution in [2.45, 2.75) is 13.8 Å². The summed E-state index contributed by atoms with van der Waals surface area (Å²) in [6.07, 6.45) is 3.72. The van der Waals surface area contributed by atoms with E-state index in [0.717, 1.165) is 5.69 Å². The second-order valence-corrected chi connectivity index (χ2v) is 3.08. The first-order valence-electron chi connectivity index (χ1n) is 4.22. The molecule has 0 heterocycles. The highest BCUT2D eigenvalue weighted by Gasteiger charge is 1.90. The predicted octanol–water partition coefficient (Wildman–Crippen LogP) is 2.94. The van der Waals surface area contributed by atoms with Crippen molar-refractivity contribution in [2.24, 2.45) is 4.99 Å². The van der Waals surface area contributed by atoms with Crippen LogP contribution in [0.1, 0.15) is 13.8 Å². The summed E-state index contributed by atoms with van der Waals surface area (Å²) in [6, 6.07) is 7.56. The van der Waals surface area contributed by atoms with Gasteiger partial charge >= 0.3 is 0 Å². The Morgan fingerprint density at radius 3 is 2.62 bits per heavy atom. The van der Waals surface area contributed by atoms with E-state index in [1.165, 1.54) is 5.57 Å². The second kappa shape index (κ2) is 4.45. The molecule has 1 aromatic carbocycles. The fraction of sp³-hybridized carbons (Fsp3) is 0.182. The highest BCUT2D eigenvalue weighted by atomic mass is 14.8. The van der Waals surface area contributed by atoms with Gasteiger partial charge in [-0.05, 0) is 32.1 Å². The second-order valence-electron chi connectivity index (χ2n) is 3.08. The van der Waals surface area contributed by atoms with Crippen LogP contribution in [-0.2, 0) is 0 Å². The molecule has 0 saturated carbocycles. The van der Waals surface area contributed by atoms with Crippen molar-refractivity contribution in [3.63, 3.8) is 0 Å². The van der Waals surface area contributed by atoms with Gasteiger partial charge in [-0.3, -0.25) is 4.99 Å². The molecular weight excluding hydrogens is 160 g/mol. The van der Waals surface area contributed by atoms with Crippen molar-refractivity contribution >= 4 is 17.6 Å². The number of allylic oxidation sites excluding steroid dienone is 2. The molecule has 13 heavy (non-hydrogen) atoms. The number of hydrogen-bond acceptors (Lipinski definition) is 2. The Morgan fingerprint density at radius 2 is 2.00 bits per heavy atom. The quantitative estimate of drug-likeness (QED) is 0.543. The van der Waals surface area contributed by atoms with E-state index in [-0.39, 0.29) is 0 Å². The molecule has 0 atom stereocenters. The zero-order valence-corrected chi connectivity index (χ0v) is 7.99. The van der Waals surface area contributed by atoms with Crippen molar-refractivity contribution in [2.75, 3.05) is 5.73 Å². The van der Waals surface area contributed by atoms with Crippen LogP contribution in [0.25, 0.3) is 0 Å². The molecular formula is C11H14N2. The summed E-state index contributed by atoms with van der Waals surface area (Å²) >= 11 is 0. The summed E-state index contributed by atoms with van der Waals surface area (Å²) in [5.41, 5.74) is 8.45. The van der Waals surface area contributed by atoms with Gasteiger partial charge in [0.05, 0.1) is 11.4 Å². The number of para-hydroxylation sites is 2. The first-order chi connectivity index (χ1) is 6.20. The van der Waals surface area contributed by atoms with Crippen molar-refractivity contribution in [3.8, 4) is 0 Å². The normalized spacial score (nSPS) is 10.3. The summed E-state index contributed by atoms with van der Waals surface area (Å²) < 4.78 is 0. The van der Waals surface area contributed by atoms with Gasteiger partial charge in [-0.25, -0.2) is 0 Å². The molecule has 0 aliphatic rings. The van der Waals surface area contributed by atoms with Crippen LogP contribution < -0.4 is 5.73 Å². The maximum atomic E-state index is 5.70. The van der Waals surface area contributed by atoms with E-state index in [1.54, 1.807) is 6.21 Å². The number of benzene rings is 1. The van der Waals surface area contributed by atoms with E-state index in [2.05, 4.69) is 4.99 Å². The van der Waals surface area contributed by atoms with Crippen LogP contribution >= 0.6 is 0 Å². The van der Waals surface area contributed by atoms with Gasteiger partial charge in [0.15, 0.2) is 0 Å². The zero-order valence-electron chi connectivity index (χ0n) is 7.99. The molecule has 1 rings (SSSR count). The lowest BCUT2D eigenvalue weighted by Crippen LogP contribution is -1.83. The van der Waals surface area contributed by atoms with Crippen molar-refractivity contribution < 1.29 is 0 Å². The number of anilines is 1. The molecule has 0 saturated heterocycles. The Labute approximate surface area is 78.8 Å². The molecule has 2 N–H and O–H groups in total. The van der Waals surface area contributed by atoms with Gasteiger partial charge < -0.3 is 5.73 Å². The topological polar surface area (TPSA) is 38.4 Å². The summed E-state index contributed by atoms with van der Waals surface area (Å²) in [6.45, 7) is 4.06. The smallest absolute Gasteiger partial charge is 0.0858 e. The molecule has 0 spiro atoms. The Balaban J connectivity index is 2.80. The van der Waals surface area contributed by atoms with Gasteiger partial charge in [-0.1, -0.05) is 17.7 Å². The molecule has 0 aliphatic carbocycles. The van der Waals surface area contributed by atoms with E-state index < -0.39 is 0 Å². The van der Waals surface area contributed by atoms with Crippen LogP contribution in [0.2, 0.25) is 0 Å². The average molecular weight is 174 g/mol. The Morgan fingerprint density at radius 1 is 1.31 bits per heavy atom. The molecule has 0 bridgehead atoms. The summed E-state index contributed by atoms with van der Waals surface area (Å²) in [7, 11) is 0. The molecule has 0 aromatic heterocycles. The van der Waals surface area contributed by atoms with Gasteiger partial charge in [0.2, 0.25) is 0 Å². The minimum absolute atomic E-state index is 0.709. The fourth-order valence-electron chi connectivity index (χ4n) is 0.872. The zero-order chi connectivity index (χ0) is 9.68. The molecule has 2 nitrogen and oxygen atoms in total. The van der Waals surface area contributed by atoms with Crippen LogP contribution in [0.3, 0.4) is 0 Å². The Kier molecular flexibility index (Phi) is 3.26. The van der Waals surface area contributed by atoms with Crippen molar-refractivity contribution in [1.82, 2.24) is 0 Å². The first-order valence-corrected chi connectivity index (χ1v) is 4.22. The number of nitrogens with zero attached hydrogens (tertiary/aromatic N) is 1. The molecule has 1 aromatic rings. The van der Waals surface area contributed by atoms with E-state index in [1.807, 2.05) is 44.2 Å². The molecule has 0 radical (unpaired) electrons. The maximum Gasteiger partial charge on any atom is 0.0858 e. The highest BCUT2D eigenvalue weighted by Crippen LogP contribution is 2.19. The van der Waals surface area contributed by atoms with Crippen LogP contribution in [-0.4, -0.2) is 6.21 Å². The SMILES string of the molecule is CC(C)=CC=Nc1ccccc1N. The third-order valence-electron chi connectivity index (χ3n) is 1.56. The molecule has 0 unspecified atom stereocenters. The Hall–Kier alpha value is -1.57.